The van der Waals surface area contributed by atoms with Crippen LogP contribution in [0.25, 0.3) is 61.7 Å². The van der Waals surface area contributed by atoms with Crippen LogP contribution in [0.5, 0.6) is 0 Å². The Balaban J connectivity index is 1.44. The van der Waals surface area contributed by atoms with Crippen LogP contribution in [0.4, 0.5) is 0 Å². The summed E-state index contributed by atoms with van der Waals surface area (Å²) in [5, 5.41) is 11.9. The van der Waals surface area contributed by atoms with Crippen LogP contribution in [0.1, 0.15) is 5.56 Å². The monoisotopic (exact) mass is 499 g/mol. The van der Waals surface area contributed by atoms with Crippen LogP contribution < -0.4 is 0 Å². The van der Waals surface area contributed by atoms with E-state index in [4.69, 9.17) is 15.0 Å². The van der Waals surface area contributed by atoms with Crippen molar-refractivity contribution < 1.29 is 0 Å². The summed E-state index contributed by atoms with van der Waals surface area (Å²) in [4.78, 5) is 14.6. The van der Waals surface area contributed by atoms with Crippen molar-refractivity contribution in [3.05, 3.63) is 133 Å². The molecule has 5 aromatic carbocycles. The first-order valence-electron chi connectivity index (χ1n) is 12.7. The third-order valence-electron chi connectivity index (χ3n) is 6.86. The maximum Gasteiger partial charge on any atom is 0.164 e. The third kappa shape index (κ3) is 4.01. The van der Waals surface area contributed by atoms with Crippen molar-refractivity contribution in [3.63, 3.8) is 0 Å². The van der Waals surface area contributed by atoms with Crippen molar-refractivity contribution in [3.8, 4) is 45.9 Å². The highest BCUT2D eigenvalue weighted by atomic mass is 15.0. The molecule has 0 radical (unpaired) electrons. The summed E-state index contributed by atoms with van der Waals surface area (Å²) >= 11 is 0. The van der Waals surface area contributed by atoms with E-state index >= 15 is 0 Å². The summed E-state index contributed by atoms with van der Waals surface area (Å²) < 4.78 is 2.28. The smallest absolute Gasteiger partial charge is 0.164 e. The Morgan fingerprint density at radius 3 is 1.64 bits per heavy atom. The zero-order valence-corrected chi connectivity index (χ0v) is 20.9. The van der Waals surface area contributed by atoms with E-state index in [1.54, 1.807) is 6.07 Å². The number of aromatic nitrogens is 4. The van der Waals surface area contributed by atoms with Gasteiger partial charge in [-0.25, -0.2) is 15.0 Å². The molecule has 0 saturated carbocycles. The molecule has 7 rings (SSSR count). The van der Waals surface area contributed by atoms with Crippen molar-refractivity contribution in [1.82, 2.24) is 19.5 Å². The number of rotatable bonds is 4. The molecule has 0 aliphatic carbocycles. The van der Waals surface area contributed by atoms with Gasteiger partial charge in [0.25, 0.3) is 0 Å². The summed E-state index contributed by atoms with van der Waals surface area (Å²) in [5.74, 6) is 1.68. The van der Waals surface area contributed by atoms with E-state index in [-0.39, 0.29) is 0 Å². The third-order valence-corrected chi connectivity index (χ3v) is 6.86. The van der Waals surface area contributed by atoms with Gasteiger partial charge in [0.1, 0.15) is 0 Å². The van der Waals surface area contributed by atoms with Crippen LogP contribution in [-0.4, -0.2) is 19.5 Å². The highest BCUT2D eigenvalue weighted by Crippen LogP contribution is 2.33. The second-order valence-corrected chi connectivity index (χ2v) is 9.28. The van der Waals surface area contributed by atoms with Gasteiger partial charge in [-0.05, 0) is 36.4 Å². The Bertz CT molecular complexity index is 1980. The van der Waals surface area contributed by atoms with Gasteiger partial charge in [0, 0.05) is 33.2 Å². The number of nitrogens with zero attached hydrogens (tertiary/aromatic N) is 5. The maximum absolute atomic E-state index is 9.44. The van der Waals surface area contributed by atoms with Crippen LogP contribution >= 0.6 is 0 Å². The van der Waals surface area contributed by atoms with Crippen LogP contribution in [0.3, 0.4) is 0 Å². The maximum atomic E-state index is 9.44. The van der Waals surface area contributed by atoms with Crippen LogP contribution in [0.2, 0.25) is 0 Å². The largest absolute Gasteiger partial charge is 0.309 e. The first-order valence-corrected chi connectivity index (χ1v) is 12.7. The van der Waals surface area contributed by atoms with Gasteiger partial charge in [0.15, 0.2) is 17.5 Å². The van der Waals surface area contributed by atoms with Crippen molar-refractivity contribution in [2.75, 3.05) is 0 Å². The second kappa shape index (κ2) is 9.37. The molecule has 0 unspecified atom stereocenters. The molecule has 0 saturated heterocycles. The zero-order chi connectivity index (χ0) is 26.2. The van der Waals surface area contributed by atoms with E-state index in [0.29, 0.717) is 23.0 Å². The number of hydrogen-bond acceptors (Lipinski definition) is 4. The second-order valence-electron chi connectivity index (χ2n) is 9.28. The standard InChI is InChI=1S/C34H21N5/c35-22-23-10-8-13-25(20-23)33-36-32(24-11-2-1-3-12-24)37-34(38-33)26-14-9-15-27(21-26)39-30-18-6-4-16-28(30)29-17-5-7-19-31(29)39/h1-21H. The average molecular weight is 500 g/mol. The Morgan fingerprint density at radius 2 is 1.00 bits per heavy atom. The summed E-state index contributed by atoms with van der Waals surface area (Å²) in [6, 6.07) is 44.7. The SMILES string of the molecule is N#Cc1cccc(-c2nc(-c3ccccc3)nc(-c3cccc(-n4c5ccccc5c5ccccc54)c3)n2)c1. The van der Waals surface area contributed by atoms with E-state index in [2.05, 4.69) is 71.3 Å². The van der Waals surface area contributed by atoms with Crippen LogP contribution in [-0.2, 0) is 0 Å². The number of benzene rings is 5. The minimum Gasteiger partial charge on any atom is -0.309 e. The number of hydrogen-bond donors (Lipinski definition) is 0. The molecule has 5 nitrogen and oxygen atoms in total. The van der Waals surface area contributed by atoms with Gasteiger partial charge in [0.2, 0.25) is 0 Å². The lowest BCUT2D eigenvalue weighted by molar-refractivity contribution is 1.07. The summed E-state index contributed by atoms with van der Waals surface area (Å²) in [6.07, 6.45) is 0. The minimum atomic E-state index is 0.526. The quantitative estimate of drug-likeness (QED) is 0.247. The molecule has 0 fully saturated rings. The van der Waals surface area contributed by atoms with Crippen molar-refractivity contribution in [1.29, 1.82) is 5.26 Å². The molecule has 5 heteroatoms. The fourth-order valence-corrected chi connectivity index (χ4v) is 5.06. The normalized spacial score (nSPS) is 11.1. The molecule has 7 aromatic rings. The molecule has 2 aromatic heterocycles. The fourth-order valence-electron chi connectivity index (χ4n) is 5.06. The molecule has 0 N–H and O–H groups in total. The van der Waals surface area contributed by atoms with E-state index in [1.165, 1.54) is 10.8 Å². The summed E-state index contributed by atoms with van der Waals surface area (Å²) in [7, 11) is 0. The molecule has 0 amide bonds. The Morgan fingerprint density at radius 1 is 0.487 bits per heavy atom. The first kappa shape index (κ1) is 22.6. The molecule has 182 valence electrons. The van der Waals surface area contributed by atoms with Gasteiger partial charge in [-0.2, -0.15) is 5.26 Å². The molecule has 39 heavy (non-hydrogen) atoms. The number of para-hydroxylation sites is 2. The molecule has 0 aliphatic heterocycles. The average Bonchev–Trinajstić information content (AvgIpc) is 3.36. The lowest BCUT2D eigenvalue weighted by Crippen LogP contribution is -2.01. The Hall–Kier alpha value is -5.60. The van der Waals surface area contributed by atoms with Crippen molar-refractivity contribution in [2.24, 2.45) is 0 Å². The first-order chi connectivity index (χ1) is 19.3. The van der Waals surface area contributed by atoms with E-state index < -0.39 is 0 Å². The van der Waals surface area contributed by atoms with Gasteiger partial charge in [-0.15, -0.1) is 0 Å². The molecular weight excluding hydrogens is 478 g/mol. The van der Waals surface area contributed by atoms with E-state index in [0.717, 1.165) is 33.4 Å². The molecule has 0 spiro atoms. The molecule has 0 aliphatic rings. The van der Waals surface area contributed by atoms with E-state index in [1.807, 2.05) is 60.7 Å². The van der Waals surface area contributed by atoms with Crippen LogP contribution in [0, 0.1) is 11.3 Å². The lowest BCUT2D eigenvalue weighted by atomic mass is 10.1. The van der Waals surface area contributed by atoms with Gasteiger partial charge < -0.3 is 4.57 Å². The molecule has 2 heterocycles. The van der Waals surface area contributed by atoms with Gasteiger partial charge in [-0.1, -0.05) is 91.0 Å². The zero-order valence-electron chi connectivity index (χ0n) is 20.9. The predicted molar refractivity (Wildman–Crippen MR) is 155 cm³/mol. The molecule has 0 bridgehead atoms. The van der Waals surface area contributed by atoms with Gasteiger partial charge in [-0.3, -0.25) is 0 Å². The van der Waals surface area contributed by atoms with Gasteiger partial charge in [0.05, 0.1) is 22.7 Å². The summed E-state index contributed by atoms with van der Waals surface area (Å²) in [5.41, 5.74) is 6.43. The Kier molecular flexibility index (Phi) is 5.42. The summed E-state index contributed by atoms with van der Waals surface area (Å²) in [6.45, 7) is 0. The minimum absolute atomic E-state index is 0.526. The van der Waals surface area contributed by atoms with Crippen molar-refractivity contribution in [2.45, 2.75) is 0 Å². The van der Waals surface area contributed by atoms with Crippen LogP contribution in [0.15, 0.2) is 127 Å². The topological polar surface area (TPSA) is 67.4 Å². The number of fused-ring (bicyclic) bond motifs is 3. The molecular formula is C34H21N5. The number of nitriles is 1. The predicted octanol–water partition coefficient (Wildman–Crippen LogP) is 7.84. The Labute approximate surface area is 225 Å². The highest BCUT2D eigenvalue weighted by molar-refractivity contribution is 6.09. The van der Waals surface area contributed by atoms with Gasteiger partial charge >= 0.3 is 0 Å². The highest BCUT2D eigenvalue weighted by Gasteiger charge is 2.15. The lowest BCUT2D eigenvalue weighted by Gasteiger charge is -2.11. The van der Waals surface area contributed by atoms with E-state index in [9.17, 15) is 5.26 Å². The van der Waals surface area contributed by atoms with Crippen molar-refractivity contribution >= 4 is 21.8 Å². The molecule has 0 atom stereocenters. The fraction of sp³-hybridized carbons (Fsp3) is 0.